The molecule has 0 saturated carbocycles. The molecule has 0 bridgehead atoms. The SMILES string of the molecule is Cc1ccccc1OCCCC(=O)N1CCC(C(=O)NCc2cccnc2)CC1. The van der Waals surface area contributed by atoms with Gasteiger partial charge in [-0.15, -0.1) is 0 Å². The third kappa shape index (κ3) is 6.31. The van der Waals surface area contributed by atoms with Gasteiger partial charge in [-0.2, -0.15) is 0 Å². The number of hydrogen-bond donors (Lipinski definition) is 1. The number of benzene rings is 1. The van der Waals surface area contributed by atoms with Gasteiger partial charge >= 0.3 is 0 Å². The van der Waals surface area contributed by atoms with Crippen LogP contribution in [0.4, 0.5) is 0 Å². The number of piperidine rings is 1. The molecular formula is C23H29N3O3. The third-order valence-electron chi connectivity index (χ3n) is 5.29. The zero-order chi connectivity index (χ0) is 20.5. The Bertz CT molecular complexity index is 802. The van der Waals surface area contributed by atoms with E-state index in [1.807, 2.05) is 48.2 Å². The van der Waals surface area contributed by atoms with Crippen molar-refractivity contribution in [2.45, 2.75) is 39.2 Å². The van der Waals surface area contributed by atoms with Crippen molar-refractivity contribution in [1.29, 1.82) is 0 Å². The minimum atomic E-state index is -0.0277. The number of nitrogens with one attached hydrogen (secondary N) is 1. The fourth-order valence-electron chi connectivity index (χ4n) is 3.51. The topological polar surface area (TPSA) is 71.5 Å². The second kappa shape index (κ2) is 10.6. The summed E-state index contributed by atoms with van der Waals surface area (Å²) in [7, 11) is 0. The van der Waals surface area contributed by atoms with Crippen LogP contribution < -0.4 is 10.1 Å². The van der Waals surface area contributed by atoms with Gasteiger partial charge in [0.25, 0.3) is 0 Å². The van der Waals surface area contributed by atoms with Crippen molar-refractivity contribution in [1.82, 2.24) is 15.2 Å². The van der Waals surface area contributed by atoms with Gasteiger partial charge in [0.1, 0.15) is 5.75 Å². The van der Waals surface area contributed by atoms with Crippen LogP contribution in [0.25, 0.3) is 0 Å². The normalized spacial score (nSPS) is 14.4. The summed E-state index contributed by atoms with van der Waals surface area (Å²) in [6.07, 6.45) is 6.06. The number of hydrogen-bond acceptors (Lipinski definition) is 4. The van der Waals surface area contributed by atoms with Crippen molar-refractivity contribution in [3.8, 4) is 5.75 Å². The van der Waals surface area contributed by atoms with Crippen LogP contribution in [0.1, 0.15) is 36.8 Å². The zero-order valence-corrected chi connectivity index (χ0v) is 17.0. The summed E-state index contributed by atoms with van der Waals surface area (Å²) in [6.45, 7) is 4.32. The van der Waals surface area contributed by atoms with Crippen molar-refractivity contribution >= 4 is 11.8 Å². The van der Waals surface area contributed by atoms with Gasteiger partial charge < -0.3 is 15.0 Å². The number of aryl methyl sites for hydroxylation is 1. The van der Waals surface area contributed by atoms with E-state index in [-0.39, 0.29) is 17.7 Å². The first-order chi connectivity index (χ1) is 14.1. The molecule has 6 nitrogen and oxygen atoms in total. The maximum Gasteiger partial charge on any atom is 0.223 e. The smallest absolute Gasteiger partial charge is 0.223 e. The molecule has 1 N–H and O–H groups in total. The number of para-hydroxylation sites is 1. The predicted molar refractivity (Wildman–Crippen MR) is 111 cm³/mol. The molecule has 29 heavy (non-hydrogen) atoms. The quantitative estimate of drug-likeness (QED) is 0.697. The Kier molecular flexibility index (Phi) is 7.61. The number of likely N-dealkylation sites (tertiary alicyclic amines) is 1. The first-order valence-electron chi connectivity index (χ1n) is 10.3. The van der Waals surface area contributed by atoms with E-state index in [0.29, 0.717) is 51.9 Å². The number of carbonyl (C=O) groups is 2. The molecule has 6 heteroatoms. The lowest BCUT2D eigenvalue weighted by molar-refractivity contribution is -0.135. The lowest BCUT2D eigenvalue weighted by Crippen LogP contribution is -2.42. The average molecular weight is 396 g/mol. The summed E-state index contributed by atoms with van der Waals surface area (Å²) in [5.74, 6) is 1.05. The number of pyridine rings is 1. The van der Waals surface area contributed by atoms with Crippen LogP contribution in [0.2, 0.25) is 0 Å². The summed E-state index contributed by atoms with van der Waals surface area (Å²) in [6, 6.07) is 11.7. The molecule has 0 radical (unpaired) electrons. The number of carbonyl (C=O) groups excluding carboxylic acids is 2. The van der Waals surface area contributed by atoms with Gasteiger partial charge in [0.2, 0.25) is 11.8 Å². The van der Waals surface area contributed by atoms with E-state index in [2.05, 4.69) is 10.3 Å². The first kappa shape index (κ1) is 20.8. The Balaban J connectivity index is 1.32. The van der Waals surface area contributed by atoms with Crippen LogP contribution in [0.3, 0.4) is 0 Å². The van der Waals surface area contributed by atoms with Gasteiger partial charge in [0, 0.05) is 44.4 Å². The van der Waals surface area contributed by atoms with E-state index in [0.717, 1.165) is 16.9 Å². The number of nitrogens with zero attached hydrogens (tertiary/aromatic N) is 2. The molecular weight excluding hydrogens is 366 g/mol. The van der Waals surface area contributed by atoms with Crippen LogP contribution in [0.15, 0.2) is 48.8 Å². The van der Waals surface area contributed by atoms with E-state index in [1.165, 1.54) is 0 Å². The lowest BCUT2D eigenvalue weighted by atomic mass is 9.95. The number of aromatic nitrogens is 1. The maximum atomic E-state index is 12.4. The second-order valence-corrected chi connectivity index (χ2v) is 7.45. The first-order valence-corrected chi connectivity index (χ1v) is 10.3. The van der Waals surface area contributed by atoms with Gasteiger partial charge in [-0.25, -0.2) is 0 Å². The molecule has 1 aromatic carbocycles. The molecule has 0 spiro atoms. The van der Waals surface area contributed by atoms with Crippen molar-refractivity contribution in [3.05, 3.63) is 59.9 Å². The number of amides is 2. The van der Waals surface area contributed by atoms with E-state index in [9.17, 15) is 9.59 Å². The Morgan fingerprint density at radius 1 is 1.17 bits per heavy atom. The maximum absolute atomic E-state index is 12.4. The van der Waals surface area contributed by atoms with Gasteiger partial charge in [-0.3, -0.25) is 14.6 Å². The van der Waals surface area contributed by atoms with Crippen molar-refractivity contribution in [3.63, 3.8) is 0 Å². The van der Waals surface area contributed by atoms with Crippen LogP contribution in [0, 0.1) is 12.8 Å². The summed E-state index contributed by atoms with van der Waals surface area (Å²) in [5.41, 5.74) is 2.09. The standard InChI is InChI=1S/C23H29N3O3/c1-18-6-2-3-8-21(18)29-15-5-9-22(27)26-13-10-20(11-14-26)23(28)25-17-19-7-4-12-24-16-19/h2-4,6-8,12,16,20H,5,9-11,13-15,17H2,1H3,(H,25,28). The molecule has 1 aliphatic rings. The predicted octanol–water partition coefficient (Wildman–Crippen LogP) is 3.10. The highest BCUT2D eigenvalue weighted by atomic mass is 16.5. The molecule has 1 aliphatic heterocycles. The van der Waals surface area contributed by atoms with Crippen molar-refractivity contribution < 1.29 is 14.3 Å². The number of ether oxygens (including phenoxy) is 1. The highest BCUT2D eigenvalue weighted by molar-refractivity contribution is 5.80. The fraction of sp³-hybridized carbons (Fsp3) is 0.435. The molecule has 3 rings (SSSR count). The molecule has 0 aliphatic carbocycles. The third-order valence-corrected chi connectivity index (χ3v) is 5.29. The molecule has 0 unspecified atom stereocenters. The summed E-state index contributed by atoms with van der Waals surface area (Å²) < 4.78 is 5.76. The van der Waals surface area contributed by atoms with E-state index < -0.39 is 0 Å². The molecule has 154 valence electrons. The highest BCUT2D eigenvalue weighted by Gasteiger charge is 2.26. The average Bonchev–Trinajstić information content (AvgIpc) is 2.77. The van der Waals surface area contributed by atoms with E-state index in [4.69, 9.17) is 4.74 Å². The number of rotatable bonds is 8. The Hall–Kier alpha value is -2.89. The second-order valence-electron chi connectivity index (χ2n) is 7.45. The van der Waals surface area contributed by atoms with Crippen molar-refractivity contribution in [2.24, 2.45) is 5.92 Å². The van der Waals surface area contributed by atoms with E-state index in [1.54, 1.807) is 12.4 Å². The molecule has 2 heterocycles. The molecule has 1 fully saturated rings. The van der Waals surface area contributed by atoms with Gasteiger partial charge in [0.15, 0.2) is 0 Å². The monoisotopic (exact) mass is 395 g/mol. The molecule has 0 atom stereocenters. The zero-order valence-electron chi connectivity index (χ0n) is 17.0. The summed E-state index contributed by atoms with van der Waals surface area (Å²) >= 11 is 0. The molecule has 2 amide bonds. The minimum absolute atomic E-state index is 0.0277. The lowest BCUT2D eigenvalue weighted by Gasteiger charge is -2.31. The van der Waals surface area contributed by atoms with Crippen LogP contribution in [-0.2, 0) is 16.1 Å². The van der Waals surface area contributed by atoms with Crippen LogP contribution in [-0.4, -0.2) is 41.4 Å². The molecule has 1 saturated heterocycles. The Morgan fingerprint density at radius 3 is 2.69 bits per heavy atom. The van der Waals surface area contributed by atoms with Gasteiger partial charge in [-0.05, 0) is 49.4 Å². The largest absolute Gasteiger partial charge is 0.493 e. The summed E-state index contributed by atoms with van der Waals surface area (Å²) in [4.78, 5) is 30.7. The highest BCUT2D eigenvalue weighted by Crippen LogP contribution is 2.19. The van der Waals surface area contributed by atoms with E-state index >= 15 is 0 Å². The van der Waals surface area contributed by atoms with Gasteiger partial charge in [0.05, 0.1) is 6.61 Å². The molecule has 1 aromatic heterocycles. The van der Waals surface area contributed by atoms with Crippen LogP contribution >= 0.6 is 0 Å². The fourth-order valence-corrected chi connectivity index (χ4v) is 3.51. The minimum Gasteiger partial charge on any atom is -0.493 e. The van der Waals surface area contributed by atoms with Crippen molar-refractivity contribution in [2.75, 3.05) is 19.7 Å². The Morgan fingerprint density at radius 2 is 1.97 bits per heavy atom. The Labute approximate surface area is 172 Å². The summed E-state index contributed by atoms with van der Waals surface area (Å²) in [5, 5.41) is 2.98. The molecule has 2 aromatic rings. The van der Waals surface area contributed by atoms with Gasteiger partial charge in [-0.1, -0.05) is 24.3 Å². The van der Waals surface area contributed by atoms with Crippen LogP contribution in [0.5, 0.6) is 5.75 Å².